The third kappa shape index (κ3) is 2.54. The van der Waals surface area contributed by atoms with Crippen molar-refractivity contribution in [2.45, 2.75) is 25.4 Å². The number of carbonyl (C=O) groups excluding carboxylic acids is 3. The summed E-state index contributed by atoms with van der Waals surface area (Å²) in [6.45, 7) is 1.24. The summed E-state index contributed by atoms with van der Waals surface area (Å²) in [4.78, 5) is 50.3. The van der Waals surface area contributed by atoms with Gasteiger partial charge in [0, 0.05) is 37.3 Å². The third-order valence-corrected chi connectivity index (χ3v) is 5.10. The van der Waals surface area contributed by atoms with Crippen molar-refractivity contribution in [3.63, 3.8) is 0 Å². The number of nitrogens with zero attached hydrogens (tertiary/aromatic N) is 2. The Hall–Kier alpha value is -2.90. The van der Waals surface area contributed by atoms with Crippen LogP contribution in [0.5, 0.6) is 0 Å². The molecule has 0 spiro atoms. The number of aliphatic carboxylic acids is 1. The molecular formula is C17H17N3O5. The smallest absolute Gasteiger partial charge is 0.310 e. The molecule has 3 amide bonds. The van der Waals surface area contributed by atoms with Gasteiger partial charge in [-0.25, -0.2) is 0 Å². The van der Waals surface area contributed by atoms with Gasteiger partial charge in [0.2, 0.25) is 11.8 Å². The second kappa shape index (κ2) is 5.58. The van der Waals surface area contributed by atoms with Crippen LogP contribution in [0.4, 0.5) is 5.69 Å². The highest BCUT2D eigenvalue weighted by Gasteiger charge is 2.40. The van der Waals surface area contributed by atoms with Crippen molar-refractivity contribution in [3.8, 4) is 0 Å². The van der Waals surface area contributed by atoms with E-state index < -0.39 is 17.9 Å². The van der Waals surface area contributed by atoms with Gasteiger partial charge < -0.3 is 14.9 Å². The van der Waals surface area contributed by atoms with Crippen LogP contribution in [0.3, 0.4) is 0 Å². The van der Waals surface area contributed by atoms with Crippen LogP contribution in [-0.2, 0) is 20.9 Å². The average molecular weight is 343 g/mol. The summed E-state index contributed by atoms with van der Waals surface area (Å²) in [7, 11) is 0. The lowest BCUT2D eigenvalue weighted by Gasteiger charge is -2.38. The van der Waals surface area contributed by atoms with Gasteiger partial charge in [-0.1, -0.05) is 0 Å². The minimum atomic E-state index is -0.795. The number of hydrogen-bond donors (Lipinski definition) is 2. The number of imide groups is 1. The van der Waals surface area contributed by atoms with Crippen LogP contribution in [0.1, 0.15) is 28.8 Å². The molecule has 2 fully saturated rings. The first-order chi connectivity index (χ1) is 11.9. The molecule has 2 N–H and O–H groups in total. The van der Waals surface area contributed by atoms with Gasteiger partial charge in [0.05, 0.1) is 5.92 Å². The maximum atomic E-state index is 12.6. The molecule has 8 nitrogen and oxygen atoms in total. The monoisotopic (exact) mass is 343 g/mol. The van der Waals surface area contributed by atoms with Crippen LogP contribution in [0.15, 0.2) is 18.2 Å². The number of hydrogen-bond acceptors (Lipinski definition) is 5. The summed E-state index contributed by atoms with van der Waals surface area (Å²) < 4.78 is 0. The van der Waals surface area contributed by atoms with Crippen LogP contribution in [0.2, 0.25) is 0 Å². The van der Waals surface area contributed by atoms with Crippen LogP contribution in [-0.4, -0.2) is 52.8 Å². The summed E-state index contributed by atoms with van der Waals surface area (Å²) in [5, 5.41) is 11.3. The second-order valence-electron chi connectivity index (χ2n) is 6.68. The van der Waals surface area contributed by atoms with Gasteiger partial charge in [-0.05, 0) is 30.2 Å². The number of benzene rings is 1. The third-order valence-electron chi connectivity index (χ3n) is 5.10. The number of fused-ring (bicyclic) bond motifs is 1. The van der Waals surface area contributed by atoms with Crippen molar-refractivity contribution in [2.24, 2.45) is 5.92 Å². The largest absolute Gasteiger partial charge is 0.481 e. The molecule has 8 heteroatoms. The standard InChI is InChI=1S/C17H17N3O5/c21-14-4-3-13(15(22)18-14)20-8-9-5-11(1-2-12(9)16(20)23)19-6-10(7-19)17(24)25/h1-2,5,10,13H,3-4,6-8H2,(H,24,25)(H,18,21,22). The van der Waals surface area contributed by atoms with Crippen molar-refractivity contribution in [1.82, 2.24) is 10.2 Å². The van der Waals surface area contributed by atoms with Crippen molar-refractivity contribution in [2.75, 3.05) is 18.0 Å². The summed E-state index contributed by atoms with van der Waals surface area (Å²) in [6, 6.07) is 4.80. The van der Waals surface area contributed by atoms with Crippen molar-refractivity contribution in [3.05, 3.63) is 29.3 Å². The summed E-state index contributed by atoms with van der Waals surface area (Å²) in [6.07, 6.45) is 0.565. The normalized spacial score (nSPS) is 23.4. The van der Waals surface area contributed by atoms with E-state index in [-0.39, 0.29) is 24.2 Å². The lowest BCUT2D eigenvalue weighted by Crippen LogP contribution is -2.52. The van der Waals surface area contributed by atoms with Gasteiger partial charge in [-0.3, -0.25) is 24.5 Å². The van der Waals surface area contributed by atoms with Crippen LogP contribution in [0.25, 0.3) is 0 Å². The lowest BCUT2D eigenvalue weighted by molar-refractivity contribution is -0.142. The Kier molecular flexibility index (Phi) is 3.48. The molecule has 3 aliphatic rings. The molecule has 130 valence electrons. The van der Waals surface area contributed by atoms with Gasteiger partial charge in [0.25, 0.3) is 5.91 Å². The number of anilines is 1. The van der Waals surface area contributed by atoms with Crippen LogP contribution >= 0.6 is 0 Å². The lowest BCUT2D eigenvalue weighted by atomic mass is 9.98. The summed E-state index contributed by atoms with van der Waals surface area (Å²) in [5.41, 5.74) is 2.27. The zero-order valence-electron chi connectivity index (χ0n) is 13.4. The fraction of sp³-hybridized carbons (Fsp3) is 0.412. The van der Waals surface area contributed by atoms with E-state index in [1.54, 1.807) is 6.07 Å². The second-order valence-corrected chi connectivity index (χ2v) is 6.68. The van der Waals surface area contributed by atoms with Crippen molar-refractivity contribution >= 4 is 29.4 Å². The predicted molar refractivity (Wildman–Crippen MR) is 85.8 cm³/mol. The first-order valence-corrected chi connectivity index (χ1v) is 8.19. The van der Waals surface area contributed by atoms with Crippen molar-refractivity contribution in [1.29, 1.82) is 0 Å². The molecule has 0 saturated carbocycles. The SMILES string of the molecule is O=C1CCC(N2Cc3cc(N4CC(C(=O)O)C4)ccc3C2=O)C(=O)N1. The minimum Gasteiger partial charge on any atom is -0.481 e. The molecule has 0 aromatic heterocycles. The summed E-state index contributed by atoms with van der Waals surface area (Å²) in [5.74, 6) is -2.09. The average Bonchev–Trinajstić information content (AvgIpc) is 2.82. The minimum absolute atomic E-state index is 0.205. The van der Waals surface area contributed by atoms with Gasteiger partial charge in [0.15, 0.2) is 0 Å². The molecule has 3 heterocycles. The molecule has 1 atom stereocenters. The first-order valence-electron chi connectivity index (χ1n) is 8.19. The maximum Gasteiger partial charge on any atom is 0.310 e. The Morgan fingerprint density at radius 2 is 1.96 bits per heavy atom. The number of piperidine rings is 1. The van der Waals surface area contributed by atoms with E-state index in [1.165, 1.54) is 4.90 Å². The Bertz CT molecular complexity index is 799. The molecule has 3 aliphatic heterocycles. The molecule has 1 unspecified atom stereocenters. The number of rotatable bonds is 3. The van der Waals surface area contributed by atoms with Crippen LogP contribution < -0.4 is 10.2 Å². The van der Waals surface area contributed by atoms with E-state index in [0.717, 1.165) is 11.3 Å². The highest BCUT2D eigenvalue weighted by Crippen LogP contribution is 2.32. The molecule has 4 rings (SSSR count). The van der Waals surface area contributed by atoms with E-state index in [2.05, 4.69) is 5.32 Å². The van der Waals surface area contributed by atoms with E-state index in [0.29, 0.717) is 31.6 Å². The number of nitrogens with one attached hydrogen (secondary N) is 1. The van der Waals surface area contributed by atoms with Gasteiger partial charge in [-0.2, -0.15) is 0 Å². The highest BCUT2D eigenvalue weighted by atomic mass is 16.4. The fourth-order valence-corrected chi connectivity index (χ4v) is 3.60. The Morgan fingerprint density at radius 3 is 2.64 bits per heavy atom. The van der Waals surface area contributed by atoms with Crippen LogP contribution in [0, 0.1) is 5.92 Å². The fourth-order valence-electron chi connectivity index (χ4n) is 3.60. The zero-order chi connectivity index (χ0) is 17.7. The molecule has 1 aromatic carbocycles. The molecule has 2 saturated heterocycles. The molecule has 0 radical (unpaired) electrons. The quantitative estimate of drug-likeness (QED) is 0.747. The van der Waals surface area contributed by atoms with Gasteiger partial charge in [-0.15, -0.1) is 0 Å². The molecule has 0 bridgehead atoms. The van der Waals surface area contributed by atoms with E-state index in [1.807, 2.05) is 17.0 Å². The van der Waals surface area contributed by atoms with Crippen molar-refractivity contribution < 1.29 is 24.3 Å². The number of carboxylic acid groups (broad SMARTS) is 1. The number of carbonyl (C=O) groups is 4. The number of amides is 3. The first kappa shape index (κ1) is 15.6. The molecule has 0 aliphatic carbocycles. The van der Waals surface area contributed by atoms with E-state index >= 15 is 0 Å². The summed E-state index contributed by atoms with van der Waals surface area (Å²) >= 11 is 0. The van der Waals surface area contributed by atoms with Gasteiger partial charge >= 0.3 is 5.97 Å². The van der Waals surface area contributed by atoms with E-state index in [4.69, 9.17) is 5.11 Å². The Balaban J connectivity index is 1.51. The highest BCUT2D eigenvalue weighted by molar-refractivity contribution is 6.05. The van der Waals surface area contributed by atoms with E-state index in [9.17, 15) is 19.2 Å². The Morgan fingerprint density at radius 1 is 1.20 bits per heavy atom. The predicted octanol–water partition coefficient (Wildman–Crippen LogP) is -0.0316. The molecule has 25 heavy (non-hydrogen) atoms. The molecular weight excluding hydrogens is 326 g/mol. The van der Waals surface area contributed by atoms with Gasteiger partial charge in [0.1, 0.15) is 6.04 Å². The number of carboxylic acids is 1. The Labute approximate surface area is 143 Å². The zero-order valence-corrected chi connectivity index (χ0v) is 13.4. The molecule has 1 aromatic rings. The topological polar surface area (TPSA) is 107 Å². The maximum absolute atomic E-state index is 12.6.